The molecule has 0 amide bonds. The van der Waals surface area contributed by atoms with Gasteiger partial charge in [0.2, 0.25) is 0 Å². The zero-order valence-electron chi connectivity index (χ0n) is 32.8. The Bertz CT molecular complexity index is 1880. The summed E-state index contributed by atoms with van der Waals surface area (Å²) in [7, 11) is 0. The van der Waals surface area contributed by atoms with E-state index in [0.717, 1.165) is 64.2 Å². The Balaban J connectivity index is 1.14. The predicted molar refractivity (Wildman–Crippen MR) is 200 cm³/mol. The van der Waals surface area contributed by atoms with Crippen LogP contribution >= 0.6 is 0 Å². The fourth-order valence-corrected chi connectivity index (χ4v) is 13.9. The number of aromatic carboxylic acids is 2. The van der Waals surface area contributed by atoms with E-state index in [-0.39, 0.29) is 62.0 Å². The summed E-state index contributed by atoms with van der Waals surface area (Å²) >= 11 is 0. The van der Waals surface area contributed by atoms with Gasteiger partial charge in [-0.05, 0) is 129 Å². The molecule has 0 radical (unpaired) electrons. The van der Waals surface area contributed by atoms with Crippen molar-refractivity contribution in [3.05, 3.63) is 82.9 Å². The number of carbonyl (C=O) groups is 4. The molecule has 0 bridgehead atoms. The molecule has 10 atom stereocenters. The highest BCUT2D eigenvalue weighted by Gasteiger charge is 2.71. The zero-order valence-corrected chi connectivity index (χ0v) is 32.8. The molecule has 2 aromatic carbocycles. The van der Waals surface area contributed by atoms with E-state index in [0.29, 0.717) is 29.6 Å². The van der Waals surface area contributed by atoms with Gasteiger partial charge in [-0.25, -0.2) is 9.59 Å². The van der Waals surface area contributed by atoms with Crippen molar-refractivity contribution in [2.45, 2.75) is 112 Å². The fourth-order valence-electron chi connectivity index (χ4n) is 13.9. The predicted octanol–water partition coefficient (Wildman–Crippen LogP) is 7.45. The summed E-state index contributed by atoms with van der Waals surface area (Å²) in [6.45, 7) is 19.0. The molecule has 5 fully saturated rings. The molecule has 7 rings (SSSR count). The number of rotatable bonds is 8. The van der Waals surface area contributed by atoms with Crippen LogP contribution in [0.15, 0.2) is 60.7 Å². The number of esters is 2. The van der Waals surface area contributed by atoms with Gasteiger partial charge in [-0.1, -0.05) is 83.2 Å². The van der Waals surface area contributed by atoms with Crippen molar-refractivity contribution in [3.8, 4) is 0 Å². The van der Waals surface area contributed by atoms with Crippen LogP contribution in [0.2, 0.25) is 0 Å². The van der Waals surface area contributed by atoms with E-state index in [4.69, 9.17) is 9.47 Å². The summed E-state index contributed by atoms with van der Waals surface area (Å²) in [6.07, 6.45) is 9.60. The Labute approximate surface area is 320 Å². The zero-order chi connectivity index (χ0) is 39.0. The molecule has 10 unspecified atom stereocenters. The Hall–Kier alpha value is -3.94. The van der Waals surface area contributed by atoms with Gasteiger partial charge >= 0.3 is 11.9 Å². The van der Waals surface area contributed by atoms with E-state index in [1.54, 1.807) is 24.3 Å². The Morgan fingerprint density at radius 3 is 1.87 bits per heavy atom. The van der Waals surface area contributed by atoms with E-state index in [1.165, 1.54) is 29.8 Å². The van der Waals surface area contributed by atoms with Gasteiger partial charge in [0.05, 0.1) is 29.7 Å². The molecule has 54 heavy (non-hydrogen) atoms. The normalized spacial score (nSPS) is 37.7. The van der Waals surface area contributed by atoms with Gasteiger partial charge in [0.15, 0.2) is 0 Å². The van der Waals surface area contributed by atoms with Gasteiger partial charge in [-0.3, -0.25) is 0 Å². The molecular weight excluding hydrogens is 680 g/mol. The summed E-state index contributed by atoms with van der Waals surface area (Å²) in [4.78, 5) is 50.5. The highest BCUT2D eigenvalue weighted by Crippen LogP contribution is 2.77. The van der Waals surface area contributed by atoms with Gasteiger partial charge in [-0.2, -0.15) is 0 Å². The van der Waals surface area contributed by atoms with Gasteiger partial charge < -0.3 is 29.3 Å². The Kier molecular flexibility index (Phi) is 9.49. The van der Waals surface area contributed by atoms with E-state index in [1.807, 2.05) is 0 Å². The van der Waals surface area contributed by atoms with Crippen LogP contribution in [0.4, 0.5) is 0 Å². The second-order valence-electron chi connectivity index (χ2n) is 19.0. The summed E-state index contributed by atoms with van der Waals surface area (Å²) in [6, 6.07) is 12.2. The Morgan fingerprint density at radius 2 is 1.28 bits per heavy atom. The van der Waals surface area contributed by atoms with Gasteiger partial charge in [-0.15, -0.1) is 0 Å². The molecule has 0 spiro atoms. The maximum atomic E-state index is 13.5. The largest absolute Gasteiger partial charge is 0.545 e. The van der Waals surface area contributed by atoms with E-state index in [9.17, 15) is 29.4 Å². The van der Waals surface area contributed by atoms with Crippen molar-refractivity contribution in [1.82, 2.24) is 0 Å². The van der Waals surface area contributed by atoms with E-state index in [2.05, 4.69) is 48.1 Å². The number of carboxylic acid groups (broad SMARTS) is 2. The number of fused-ring (bicyclic) bond motifs is 7. The van der Waals surface area contributed by atoms with Crippen LogP contribution in [0, 0.1) is 56.7 Å². The number of ether oxygens (including phenoxy) is 2. The summed E-state index contributed by atoms with van der Waals surface area (Å²) in [5.74, 6) is -2.10. The van der Waals surface area contributed by atoms with Crippen LogP contribution in [0.25, 0.3) is 0 Å². The molecule has 0 aromatic heterocycles. The number of hydrogen-bond acceptors (Lipinski definition) is 8. The third kappa shape index (κ3) is 5.67. The molecular formula is C46H56O8-2. The van der Waals surface area contributed by atoms with E-state index < -0.39 is 23.9 Å². The first kappa shape index (κ1) is 38.3. The maximum Gasteiger partial charge on any atom is 0.339 e. The van der Waals surface area contributed by atoms with Crippen molar-refractivity contribution in [2.75, 3.05) is 6.61 Å². The molecule has 0 saturated heterocycles. The molecule has 8 nitrogen and oxygen atoms in total. The standard InChI is InChI=1S/C46H58O8/c1-27(2)28-18-23-46(26-53-40(51)31-14-10-8-12-29(31)38(47)48)25-24-44(6)33(37(28)46)16-17-35-43(5)21-20-36(42(3,4)34(43)19-22-45(35,44)7)54-41(52)32-15-11-9-13-30(32)39(49)50/h8-15,28,33-37H,1,16-26H2,2-7H3,(H,47,48)(H,49,50)/p-2. The average Bonchev–Trinajstić information content (AvgIpc) is 3.52. The average molecular weight is 737 g/mol. The highest BCUT2D eigenvalue weighted by atomic mass is 16.5. The number of carbonyl (C=O) groups excluding carboxylic acids is 4. The lowest BCUT2D eigenvalue weighted by atomic mass is 9.32. The highest BCUT2D eigenvalue weighted by molar-refractivity contribution is 6.02. The first-order valence-electron chi connectivity index (χ1n) is 20.1. The first-order chi connectivity index (χ1) is 25.4. The minimum absolute atomic E-state index is 0.0355. The first-order valence-corrected chi connectivity index (χ1v) is 20.1. The minimum Gasteiger partial charge on any atom is -0.545 e. The third-order valence-electron chi connectivity index (χ3n) is 16.7. The number of carboxylic acids is 2. The Morgan fingerprint density at radius 1 is 0.685 bits per heavy atom. The molecule has 2 aromatic rings. The second-order valence-corrected chi connectivity index (χ2v) is 19.0. The smallest absolute Gasteiger partial charge is 0.339 e. The van der Waals surface area contributed by atoms with Crippen LogP contribution in [-0.4, -0.2) is 36.6 Å². The lowest BCUT2D eigenvalue weighted by molar-refractivity contribution is -0.256. The molecule has 290 valence electrons. The quantitative estimate of drug-likeness (QED) is 0.202. The summed E-state index contributed by atoms with van der Waals surface area (Å²) < 4.78 is 12.3. The molecule has 5 saturated carbocycles. The molecule has 0 N–H and O–H groups in total. The topological polar surface area (TPSA) is 133 Å². The van der Waals surface area contributed by atoms with Crippen molar-refractivity contribution in [2.24, 2.45) is 56.7 Å². The SMILES string of the molecule is C=C(C)C1CCC2(COC(=O)c3ccccc3C(=O)[O-])CCC3(C)C(CCC4C5(C)CCC(OC(=O)c6ccccc6C(=O)[O-])C(C)(C)C5CCC43C)C12. The lowest BCUT2D eigenvalue weighted by Crippen LogP contribution is -2.67. The van der Waals surface area contributed by atoms with Gasteiger partial charge in [0, 0.05) is 22.0 Å². The minimum atomic E-state index is -1.39. The number of benzene rings is 2. The van der Waals surface area contributed by atoms with Crippen LogP contribution < -0.4 is 10.2 Å². The third-order valence-corrected chi connectivity index (χ3v) is 16.7. The molecule has 0 heterocycles. The summed E-state index contributed by atoms with van der Waals surface area (Å²) in [5.41, 5.74) is 0.644. The van der Waals surface area contributed by atoms with Gasteiger partial charge in [0.25, 0.3) is 0 Å². The van der Waals surface area contributed by atoms with Crippen molar-refractivity contribution in [1.29, 1.82) is 0 Å². The van der Waals surface area contributed by atoms with Gasteiger partial charge in [0.1, 0.15) is 6.10 Å². The van der Waals surface area contributed by atoms with Crippen LogP contribution in [0.3, 0.4) is 0 Å². The van der Waals surface area contributed by atoms with Crippen LogP contribution in [0.5, 0.6) is 0 Å². The molecule has 5 aliphatic carbocycles. The lowest BCUT2D eigenvalue weighted by Gasteiger charge is -2.73. The second kappa shape index (κ2) is 13.4. The van der Waals surface area contributed by atoms with Crippen LogP contribution in [0.1, 0.15) is 147 Å². The van der Waals surface area contributed by atoms with E-state index >= 15 is 0 Å². The molecule has 0 aliphatic heterocycles. The maximum absolute atomic E-state index is 13.5. The van der Waals surface area contributed by atoms with Crippen molar-refractivity contribution in [3.63, 3.8) is 0 Å². The monoisotopic (exact) mass is 736 g/mol. The number of hydrogen-bond donors (Lipinski definition) is 0. The molecule has 5 aliphatic rings. The number of allylic oxidation sites excluding steroid dienone is 1. The van der Waals surface area contributed by atoms with Crippen molar-refractivity contribution < 1.29 is 38.9 Å². The summed E-state index contributed by atoms with van der Waals surface area (Å²) in [5, 5.41) is 23.6. The van der Waals surface area contributed by atoms with Crippen molar-refractivity contribution >= 4 is 23.9 Å². The fraction of sp³-hybridized carbons (Fsp3) is 0.609. The molecule has 8 heteroatoms. The van der Waals surface area contributed by atoms with Crippen LogP contribution in [-0.2, 0) is 9.47 Å².